The van der Waals surface area contributed by atoms with Gasteiger partial charge in [-0.15, -0.1) is 11.3 Å². The number of nitrogens with zero attached hydrogens (tertiary/aromatic N) is 2. The molecule has 0 aliphatic carbocycles. The molecule has 1 fully saturated rings. The van der Waals surface area contributed by atoms with Gasteiger partial charge < -0.3 is 10.1 Å². The van der Waals surface area contributed by atoms with E-state index in [0.29, 0.717) is 5.69 Å². The maximum Gasteiger partial charge on any atom is 0.387 e. The van der Waals surface area contributed by atoms with Crippen molar-refractivity contribution in [1.82, 2.24) is 9.88 Å². The van der Waals surface area contributed by atoms with Crippen LogP contribution in [0.1, 0.15) is 30.3 Å². The summed E-state index contributed by atoms with van der Waals surface area (Å²) in [6.07, 6.45) is 3.14. The minimum Gasteiger partial charge on any atom is -0.435 e. The Morgan fingerprint density at radius 1 is 1.21 bits per heavy atom. The number of fused-ring (bicyclic) bond motifs is 1. The van der Waals surface area contributed by atoms with Gasteiger partial charge in [-0.2, -0.15) is 8.78 Å². The molecule has 1 aliphatic rings. The number of carbonyl (C=O) groups excluding carboxylic acids is 1. The van der Waals surface area contributed by atoms with E-state index in [9.17, 15) is 13.6 Å². The van der Waals surface area contributed by atoms with Gasteiger partial charge in [0.25, 0.3) is 0 Å². The van der Waals surface area contributed by atoms with Crippen LogP contribution in [0.25, 0.3) is 10.2 Å². The number of halogens is 2. The van der Waals surface area contributed by atoms with E-state index in [1.165, 1.54) is 12.1 Å². The van der Waals surface area contributed by atoms with Crippen molar-refractivity contribution in [2.45, 2.75) is 31.9 Å². The summed E-state index contributed by atoms with van der Waals surface area (Å²) in [6.45, 7) is -1.76. The Balaban J connectivity index is 1.41. The molecule has 0 spiro atoms. The number of hydrogen-bond acceptors (Lipinski definition) is 5. The van der Waals surface area contributed by atoms with E-state index < -0.39 is 6.61 Å². The lowest BCUT2D eigenvalue weighted by Crippen LogP contribution is -2.39. The predicted octanol–water partition coefficient (Wildman–Crippen LogP) is 5.06. The van der Waals surface area contributed by atoms with Crippen LogP contribution in [0.2, 0.25) is 0 Å². The largest absolute Gasteiger partial charge is 0.435 e. The molecule has 29 heavy (non-hydrogen) atoms. The first kappa shape index (κ1) is 19.7. The van der Waals surface area contributed by atoms with E-state index in [0.717, 1.165) is 41.0 Å². The Kier molecular flexibility index (Phi) is 6.01. The first-order valence-corrected chi connectivity index (χ1v) is 10.3. The quantitative estimate of drug-likeness (QED) is 0.609. The zero-order valence-corrected chi connectivity index (χ0v) is 16.5. The molecular formula is C21H21F2N3O2S. The SMILES string of the molecule is O=C(CN1CCCC[C@@H]1c1nc2ccccc2s1)Nc1ccc(OC(F)F)cc1. The molecule has 152 valence electrons. The van der Waals surface area contributed by atoms with Gasteiger partial charge in [-0.05, 0) is 55.8 Å². The topological polar surface area (TPSA) is 54.5 Å². The van der Waals surface area contributed by atoms with Crippen molar-refractivity contribution in [2.24, 2.45) is 0 Å². The Bertz CT molecular complexity index is 944. The molecule has 0 saturated carbocycles. The van der Waals surface area contributed by atoms with Crippen molar-refractivity contribution < 1.29 is 18.3 Å². The third kappa shape index (κ3) is 4.89. The van der Waals surface area contributed by atoms with Crippen LogP contribution in [0.3, 0.4) is 0 Å². The van der Waals surface area contributed by atoms with Crippen LogP contribution >= 0.6 is 11.3 Å². The number of para-hydroxylation sites is 1. The number of anilines is 1. The van der Waals surface area contributed by atoms with Crippen LogP contribution in [-0.4, -0.2) is 35.5 Å². The summed E-state index contributed by atoms with van der Waals surface area (Å²) >= 11 is 1.69. The number of nitrogens with one attached hydrogen (secondary N) is 1. The Labute approximate surface area is 171 Å². The molecule has 3 aromatic rings. The highest BCUT2D eigenvalue weighted by atomic mass is 32.1. The first-order chi connectivity index (χ1) is 14.1. The van der Waals surface area contributed by atoms with Crippen molar-refractivity contribution in [3.8, 4) is 5.75 Å². The number of rotatable bonds is 6. The fourth-order valence-corrected chi connectivity index (χ4v) is 4.73. The third-order valence-corrected chi connectivity index (χ3v) is 6.06. The van der Waals surface area contributed by atoms with E-state index in [4.69, 9.17) is 4.98 Å². The number of benzene rings is 2. The number of piperidine rings is 1. The second kappa shape index (κ2) is 8.84. The molecule has 1 aliphatic heterocycles. The smallest absolute Gasteiger partial charge is 0.387 e. The molecule has 4 rings (SSSR count). The fourth-order valence-electron chi connectivity index (χ4n) is 3.60. The van der Waals surface area contributed by atoms with Gasteiger partial charge in [-0.3, -0.25) is 9.69 Å². The fraction of sp³-hybridized carbons (Fsp3) is 0.333. The number of carbonyl (C=O) groups is 1. The zero-order valence-electron chi connectivity index (χ0n) is 15.7. The molecule has 8 heteroatoms. The average molecular weight is 417 g/mol. The summed E-state index contributed by atoms with van der Waals surface area (Å²) in [5.74, 6) is -0.0783. The maximum atomic E-state index is 12.6. The summed E-state index contributed by atoms with van der Waals surface area (Å²) in [7, 11) is 0. The van der Waals surface area contributed by atoms with Crippen LogP contribution in [0, 0.1) is 0 Å². The van der Waals surface area contributed by atoms with Gasteiger partial charge in [0.1, 0.15) is 10.8 Å². The van der Waals surface area contributed by atoms with Crippen molar-refractivity contribution in [3.05, 3.63) is 53.5 Å². The number of thiazole rings is 1. The van der Waals surface area contributed by atoms with Gasteiger partial charge in [0.05, 0.1) is 22.8 Å². The standard InChI is InChI=1S/C21H21F2N3O2S/c22-21(23)28-15-10-8-14(9-11-15)24-19(27)13-26-12-4-3-6-17(26)20-25-16-5-1-2-7-18(16)29-20/h1-2,5,7-11,17,21H,3-4,6,12-13H2,(H,24,27)/t17-/m1/s1. The number of aromatic nitrogens is 1. The highest BCUT2D eigenvalue weighted by molar-refractivity contribution is 7.18. The van der Waals surface area contributed by atoms with Crippen LogP contribution in [0.15, 0.2) is 48.5 Å². The van der Waals surface area contributed by atoms with Crippen LogP contribution < -0.4 is 10.1 Å². The second-order valence-electron chi connectivity index (χ2n) is 6.95. The normalized spacial score (nSPS) is 17.6. The zero-order chi connectivity index (χ0) is 20.2. The van der Waals surface area contributed by atoms with E-state index in [1.54, 1.807) is 23.5 Å². The monoisotopic (exact) mass is 417 g/mol. The molecule has 2 aromatic carbocycles. The van der Waals surface area contributed by atoms with Crippen LogP contribution in [-0.2, 0) is 4.79 Å². The summed E-state index contributed by atoms with van der Waals surface area (Å²) in [5, 5.41) is 3.88. The Hall–Kier alpha value is -2.58. The molecule has 0 bridgehead atoms. The van der Waals surface area contributed by atoms with Crippen molar-refractivity contribution >= 4 is 33.1 Å². The molecule has 1 atom stereocenters. The molecule has 5 nitrogen and oxygen atoms in total. The number of alkyl halides is 2. The maximum absolute atomic E-state index is 12.6. The van der Waals surface area contributed by atoms with E-state index in [-0.39, 0.29) is 24.2 Å². The van der Waals surface area contributed by atoms with Gasteiger partial charge in [-0.1, -0.05) is 18.6 Å². The van der Waals surface area contributed by atoms with Gasteiger partial charge in [0.2, 0.25) is 5.91 Å². The van der Waals surface area contributed by atoms with Gasteiger partial charge in [0, 0.05) is 5.69 Å². The van der Waals surface area contributed by atoms with Crippen molar-refractivity contribution in [1.29, 1.82) is 0 Å². The summed E-state index contributed by atoms with van der Waals surface area (Å²) in [4.78, 5) is 19.5. The van der Waals surface area contributed by atoms with Gasteiger partial charge in [-0.25, -0.2) is 4.98 Å². The molecule has 1 saturated heterocycles. The van der Waals surface area contributed by atoms with Gasteiger partial charge >= 0.3 is 6.61 Å². The highest BCUT2D eigenvalue weighted by Crippen LogP contribution is 2.35. The van der Waals surface area contributed by atoms with Crippen molar-refractivity contribution in [2.75, 3.05) is 18.4 Å². The molecular weight excluding hydrogens is 396 g/mol. The second-order valence-corrected chi connectivity index (χ2v) is 8.02. The first-order valence-electron chi connectivity index (χ1n) is 9.53. The lowest BCUT2D eigenvalue weighted by atomic mass is 10.0. The minimum atomic E-state index is -2.87. The number of hydrogen-bond donors (Lipinski definition) is 1. The number of amides is 1. The molecule has 0 unspecified atom stereocenters. The number of likely N-dealkylation sites (tertiary alicyclic amines) is 1. The van der Waals surface area contributed by atoms with Gasteiger partial charge in [0.15, 0.2) is 0 Å². The molecule has 1 N–H and O–H groups in total. The molecule has 1 amide bonds. The summed E-state index contributed by atoms with van der Waals surface area (Å²) in [6, 6.07) is 14.1. The Morgan fingerprint density at radius 2 is 2.00 bits per heavy atom. The minimum absolute atomic E-state index is 0.0601. The van der Waals surface area contributed by atoms with E-state index >= 15 is 0 Å². The van der Waals surface area contributed by atoms with E-state index in [1.807, 2.05) is 18.2 Å². The predicted molar refractivity (Wildman–Crippen MR) is 109 cm³/mol. The summed E-state index contributed by atoms with van der Waals surface area (Å²) < 4.78 is 29.9. The van der Waals surface area contributed by atoms with Crippen LogP contribution in [0.4, 0.5) is 14.5 Å². The van der Waals surface area contributed by atoms with E-state index in [2.05, 4.69) is 21.0 Å². The third-order valence-electron chi connectivity index (χ3n) is 4.92. The molecule has 2 heterocycles. The lowest BCUT2D eigenvalue weighted by molar-refractivity contribution is -0.118. The summed E-state index contributed by atoms with van der Waals surface area (Å²) in [5.41, 5.74) is 1.54. The molecule has 0 radical (unpaired) electrons. The molecule has 1 aromatic heterocycles. The Morgan fingerprint density at radius 3 is 2.76 bits per heavy atom. The van der Waals surface area contributed by atoms with Crippen molar-refractivity contribution in [3.63, 3.8) is 0 Å². The average Bonchev–Trinajstić information content (AvgIpc) is 3.13. The highest BCUT2D eigenvalue weighted by Gasteiger charge is 2.28. The number of ether oxygens (including phenoxy) is 1. The lowest BCUT2D eigenvalue weighted by Gasteiger charge is -2.33. The van der Waals surface area contributed by atoms with Crippen LogP contribution in [0.5, 0.6) is 5.75 Å².